The Hall–Kier alpha value is -1.89. The maximum absolute atomic E-state index is 10.6. The number of carbonyl (C=O) groups is 1. The van der Waals surface area contributed by atoms with Crippen molar-refractivity contribution < 1.29 is 4.79 Å². The molecule has 0 radical (unpaired) electrons. The molecule has 0 heterocycles. The number of allylic oxidation sites excluding steroid dienone is 5. The average molecular weight is 457 g/mol. The first kappa shape index (κ1) is 35.7. The van der Waals surface area contributed by atoms with E-state index in [0.717, 1.165) is 19.1 Å². The van der Waals surface area contributed by atoms with Crippen molar-refractivity contribution in [2.24, 2.45) is 5.92 Å². The number of aldehydes is 1. The van der Waals surface area contributed by atoms with E-state index in [9.17, 15) is 4.79 Å². The fraction of sp³-hybridized carbons (Fsp3) is 0.594. The second kappa shape index (κ2) is 18.5. The Balaban J connectivity index is -0.00000138. The van der Waals surface area contributed by atoms with Crippen molar-refractivity contribution in [2.45, 2.75) is 121 Å². The van der Waals surface area contributed by atoms with Gasteiger partial charge in [0.1, 0.15) is 6.29 Å². The predicted octanol–water partition coefficient (Wildman–Crippen LogP) is 10.2. The highest BCUT2D eigenvalue weighted by atomic mass is 16.1. The highest BCUT2D eigenvalue weighted by Crippen LogP contribution is 2.31. The molecule has 33 heavy (non-hydrogen) atoms. The normalized spacial score (nSPS) is 12.4. The molecule has 0 amide bonds. The molecule has 1 atom stereocenters. The molecule has 1 unspecified atom stereocenters. The number of hydrogen-bond donors (Lipinski definition) is 0. The lowest BCUT2D eigenvalue weighted by molar-refractivity contribution is -0.104. The zero-order valence-electron chi connectivity index (χ0n) is 24.6. The predicted molar refractivity (Wildman–Crippen MR) is 153 cm³/mol. The maximum Gasteiger partial charge on any atom is 0.149 e. The van der Waals surface area contributed by atoms with Gasteiger partial charge in [0.2, 0.25) is 0 Å². The molecule has 0 bridgehead atoms. The lowest BCUT2D eigenvalue weighted by Gasteiger charge is -2.26. The van der Waals surface area contributed by atoms with Crippen LogP contribution in [0.1, 0.15) is 120 Å². The molecule has 0 saturated carbocycles. The lowest BCUT2D eigenvalue weighted by atomic mass is 9.79. The third-order valence-corrected chi connectivity index (χ3v) is 5.19. The van der Waals surface area contributed by atoms with Crippen molar-refractivity contribution in [1.29, 1.82) is 0 Å². The molecule has 0 aromatic heterocycles. The molecule has 0 N–H and O–H groups in total. The van der Waals surface area contributed by atoms with Crippen LogP contribution in [0.3, 0.4) is 0 Å². The van der Waals surface area contributed by atoms with Crippen LogP contribution in [0.2, 0.25) is 0 Å². The van der Waals surface area contributed by atoms with Gasteiger partial charge in [0.25, 0.3) is 0 Å². The van der Waals surface area contributed by atoms with Gasteiger partial charge in [-0.2, -0.15) is 0 Å². The fourth-order valence-corrected chi connectivity index (χ4v) is 2.84. The summed E-state index contributed by atoms with van der Waals surface area (Å²) in [4.78, 5) is 10.6. The molecule has 0 fully saturated rings. The first-order valence-electron chi connectivity index (χ1n) is 13.0. The Morgan fingerprint density at radius 3 is 1.67 bits per heavy atom. The summed E-state index contributed by atoms with van der Waals surface area (Å²) in [5.74, 6) is 0.496. The van der Waals surface area contributed by atoms with Crippen LogP contribution in [-0.4, -0.2) is 6.29 Å². The molecule has 1 aromatic carbocycles. The van der Waals surface area contributed by atoms with Crippen LogP contribution in [0.25, 0.3) is 0 Å². The van der Waals surface area contributed by atoms with Gasteiger partial charge in [-0.25, -0.2) is 0 Å². The number of hydrogen-bond acceptors (Lipinski definition) is 1. The first-order valence-corrected chi connectivity index (χ1v) is 13.0. The highest BCUT2D eigenvalue weighted by Gasteiger charge is 2.20. The molecular formula is C32H56O. The Kier molecular flexibility index (Phi) is 20.0. The molecule has 1 nitrogen and oxygen atoms in total. The van der Waals surface area contributed by atoms with E-state index in [4.69, 9.17) is 0 Å². The Labute approximate surface area is 208 Å². The molecule has 1 aromatic rings. The third-order valence-electron chi connectivity index (χ3n) is 5.19. The van der Waals surface area contributed by atoms with Gasteiger partial charge in [-0.3, -0.25) is 4.79 Å². The van der Waals surface area contributed by atoms with Crippen LogP contribution in [-0.2, 0) is 22.0 Å². The Morgan fingerprint density at radius 1 is 0.879 bits per heavy atom. The second-order valence-electron chi connectivity index (χ2n) is 9.82. The minimum atomic E-state index is 0.156. The van der Waals surface area contributed by atoms with E-state index in [1.807, 2.05) is 47.6 Å². The number of benzene rings is 1. The Bertz CT molecular complexity index is 686. The van der Waals surface area contributed by atoms with E-state index in [2.05, 4.69) is 86.2 Å². The van der Waals surface area contributed by atoms with E-state index in [-0.39, 0.29) is 10.8 Å². The summed E-state index contributed by atoms with van der Waals surface area (Å²) in [5.41, 5.74) is 6.40. The summed E-state index contributed by atoms with van der Waals surface area (Å²) in [6.45, 7) is 33.8. The van der Waals surface area contributed by atoms with Gasteiger partial charge in [0.05, 0.1) is 0 Å². The summed E-state index contributed by atoms with van der Waals surface area (Å²) >= 11 is 0. The maximum atomic E-state index is 10.6. The van der Waals surface area contributed by atoms with E-state index in [1.165, 1.54) is 22.3 Å². The van der Waals surface area contributed by atoms with Crippen LogP contribution in [0.5, 0.6) is 0 Å². The number of carbonyl (C=O) groups excluding carboxylic acids is 1. The largest absolute Gasteiger partial charge is 0.298 e. The molecule has 0 saturated heterocycles. The number of aryl methyl sites for hydroxylation is 1. The minimum Gasteiger partial charge on any atom is -0.298 e. The zero-order valence-corrected chi connectivity index (χ0v) is 24.6. The lowest BCUT2D eigenvalue weighted by Crippen LogP contribution is -2.17. The Morgan fingerprint density at radius 2 is 1.30 bits per heavy atom. The fourth-order valence-electron chi connectivity index (χ4n) is 2.84. The van der Waals surface area contributed by atoms with Gasteiger partial charge in [-0.05, 0) is 53.2 Å². The molecule has 0 aliphatic heterocycles. The summed E-state index contributed by atoms with van der Waals surface area (Å²) < 4.78 is 0. The van der Waals surface area contributed by atoms with E-state index in [0.29, 0.717) is 11.5 Å². The van der Waals surface area contributed by atoms with E-state index < -0.39 is 0 Å². The van der Waals surface area contributed by atoms with E-state index >= 15 is 0 Å². The monoisotopic (exact) mass is 456 g/mol. The second-order valence-corrected chi connectivity index (χ2v) is 9.82. The molecular weight excluding hydrogens is 400 g/mol. The van der Waals surface area contributed by atoms with Crippen LogP contribution in [0.4, 0.5) is 0 Å². The van der Waals surface area contributed by atoms with Crippen molar-refractivity contribution >= 4 is 6.29 Å². The molecule has 0 spiro atoms. The van der Waals surface area contributed by atoms with Gasteiger partial charge < -0.3 is 0 Å². The first-order chi connectivity index (χ1) is 15.3. The van der Waals surface area contributed by atoms with Crippen LogP contribution < -0.4 is 0 Å². The minimum absolute atomic E-state index is 0.156. The summed E-state index contributed by atoms with van der Waals surface area (Å²) in [7, 11) is 0. The van der Waals surface area contributed by atoms with Crippen molar-refractivity contribution in [3.05, 3.63) is 70.8 Å². The average Bonchev–Trinajstić information content (AvgIpc) is 2.79. The van der Waals surface area contributed by atoms with Crippen molar-refractivity contribution in [3.8, 4) is 0 Å². The summed E-state index contributed by atoms with van der Waals surface area (Å²) in [5, 5.41) is 0. The van der Waals surface area contributed by atoms with Crippen LogP contribution >= 0.6 is 0 Å². The molecule has 1 heteroatoms. The molecule has 0 aliphatic carbocycles. The molecule has 0 aliphatic rings. The van der Waals surface area contributed by atoms with Gasteiger partial charge in [0.15, 0.2) is 0 Å². The molecule has 1 rings (SSSR count). The quantitative estimate of drug-likeness (QED) is 0.226. The topological polar surface area (TPSA) is 17.1 Å². The summed E-state index contributed by atoms with van der Waals surface area (Å²) in [6, 6.07) is 7.15. The van der Waals surface area contributed by atoms with Crippen molar-refractivity contribution in [2.75, 3.05) is 0 Å². The van der Waals surface area contributed by atoms with Gasteiger partial charge in [0, 0.05) is 5.57 Å². The zero-order chi connectivity index (χ0) is 26.8. The van der Waals surface area contributed by atoms with Crippen molar-refractivity contribution in [1.82, 2.24) is 0 Å². The standard InChI is InChI=1S/C26H38O.3C2H6/c1-19(18-27)11-10-12-20(2)21(3)13-14-22-15-23(25(4,5)6)17-24(16-22)26(7,8)9;3*1-2/h10-12,15-18,21H,1,13-14H2,2-9H3;3*1-2H3/b11-10-,20-12+;;;. The van der Waals surface area contributed by atoms with Crippen molar-refractivity contribution in [3.63, 3.8) is 0 Å². The number of rotatable bonds is 7. The van der Waals surface area contributed by atoms with Gasteiger partial charge in [-0.15, -0.1) is 0 Å². The smallest absolute Gasteiger partial charge is 0.149 e. The van der Waals surface area contributed by atoms with Crippen LogP contribution in [0.15, 0.2) is 54.2 Å². The van der Waals surface area contributed by atoms with Gasteiger partial charge in [-0.1, -0.05) is 139 Å². The molecule has 190 valence electrons. The summed E-state index contributed by atoms with van der Waals surface area (Å²) in [6.07, 6.45) is 8.72. The SMILES string of the molecule is C=C(C=O)/C=C\C=C(/C)C(C)CCc1cc(C(C)(C)C)cc(C(C)(C)C)c1.CC.CC.CC. The van der Waals surface area contributed by atoms with Crippen LogP contribution in [0, 0.1) is 5.92 Å². The highest BCUT2D eigenvalue weighted by molar-refractivity contribution is 5.76. The van der Waals surface area contributed by atoms with E-state index in [1.54, 1.807) is 6.08 Å². The van der Waals surface area contributed by atoms with Gasteiger partial charge >= 0.3 is 0 Å². The third kappa shape index (κ3) is 15.6.